The summed E-state index contributed by atoms with van der Waals surface area (Å²) >= 11 is 0. The Hall–Kier alpha value is -3.62. The molecule has 2 aromatic rings. The molecule has 0 bridgehead atoms. The maximum absolute atomic E-state index is 14.1. The van der Waals surface area contributed by atoms with E-state index in [-0.39, 0.29) is 43.0 Å². The first-order valence-corrected chi connectivity index (χ1v) is 9.89. The van der Waals surface area contributed by atoms with Gasteiger partial charge in [-0.05, 0) is 30.7 Å². The summed E-state index contributed by atoms with van der Waals surface area (Å²) in [4.78, 5) is 28.2. The predicted molar refractivity (Wildman–Crippen MR) is 115 cm³/mol. The highest BCUT2D eigenvalue weighted by Gasteiger charge is 2.21. The number of carbonyl (C=O) groups is 2. The number of hydrogen-bond donors (Lipinski definition) is 2. The van der Waals surface area contributed by atoms with E-state index < -0.39 is 29.7 Å². The highest BCUT2D eigenvalue weighted by Crippen LogP contribution is 2.19. The fraction of sp³-hybridized carbons (Fsp3) is 0.261. The minimum absolute atomic E-state index is 0.00345. The van der Waals surface area contributed by atoms with E-state index in [9.17, 15) is 22.8 Å². The Kier molecular flexibility index (Phi) is 9.46. The third-order valence-corrected chi connectivity index (χ3v) is 4.30. The summed E-state index contributed by atoms with van der Waals surface area (Å²) < 4.78 is 45.8. The van der Waals surface area contributed by atoms with Crippen LogP contribution in [0.15, 0.2) is 65.3 Å². The molecule has 0 heterocycles. The van der Waals surface area contributed by atoms with Gasteiger partial charge >= 0.3 is 5.97 Å². The molecule has 0 aliphatic rings. The first-order valence-electron chi connectivity index (χ1n) is 9.89. The van der Waals surface area contributed by atoms with Gasteiger partial charge in [-0.1, -0.05) is 30.3 Å². The second kappa shape index (κ2) is 12.3. The molecule has 0 saturated carbocycles. The fourth-order valence-electron chi connectivity index (χ4n) is 2.81. The molecule has 0 spiro atoms. The number of hydrogen-bond acceptors (Lipinski definition) is 5. The number of allylic oxidation sites excluding steroid dienone is 1. The molecule has 0 aromatic heterocycles. The van der Waals surface area contributed by atoms with E-state index in [1.165, 1.54) is 6.07 Å². The largest absolute Gasteiger partial charge is 0.461 e. The molecule has 0 unspecified atom stereocenters. The van der Waals surface area contributed by atoms with Crippen molar-refractivity contribution in [2.75, 3.05) is 13.1 Å². The highest BCUT2D eigenvalue weighted by molar-refractivity contribution is 6.14. The van der Waals surface area contributed by atoms with E-state index in [2.05, 4.69) is 10.3 Å². The van der Waals surface area contributed by atoms with Crippen molar-refractivity contribution in [3.8, 4) is 0 Å². The van der Waals surface area contributed by atoms with Gasteiger partial charge in [0.2, 0.25) is 0 Å². The lowest BCUT2D eigenvalue weighted by Gasteiger charge is -2.12. The maximum Gasteiger partial charge on any atom is 0.307 e. The first-order chi connectivity index (χ1) is 15.3. The summed E-state index contributed by atoms with van der Waals surface area (Å²) in [6.07, 6.45) is -2.30. The Labute approximate surface area is 184 Å². The second-order valence-electron chi connectivity index (χ2n) is 6.63. The normalized spacial score (nSPS) is 12.0. The van der Waals surface area contributed by atoms with Crippen molar-refractivity contribution < 1.29 is 27.5 Å². The molecule has 0 fully saturated rings. The molecule has 1 amide bonds. The zero-order valence-corrected chi connectivity index (χ0v) is 17.5. The number of nitrogens with one attached hydrogen (secondary N) is 1. The number of halogens is 3. The molecule has 0 atom stereocenters. The van der Waals surface area contributed by atoms with Crippen molar-refractivity contribution in [3.63, 3.8) is 0 Å². The summed E-state index contributed by atoms with van der Waals surface area (Å²) in [7, 11) is 0. The summed E-state index contributed by atoms with van der Waals surface area (Å²) in [5, 5.41) is 2.49. The average molecular weight is 447 g/mol. The molecular formula is C23H24F3N3O3. The van der Waals surface area contributed by atoms with Gasteiger partial charge in [-0.2, -0.15) is 0 Å². The van der Waals surface area contributed by atoms with Gasteiger partial charge in [0.25, 0.3) is 12.3 Å². The molecule has 2 aromatic carbocycles. The summed E-state index contributed by atoms with van der Waals surface area (Å²) in [5.41, 5.74) is 5.26. The number of aliphatic imine (C=N–C) groups is 1. The Morgan fingerprint density at radius 2 is 1.84 bits per heavy atom. The van der Waals surface area contributed by atoms with Crippen LogP contribution in [0.25, 0.3) is 0 Å². The van der Waals surface area contributed by atoms with Crippen LogP contribution in [0.2, 0.25) is 0 Å². The second-order valence-corrected chi connectivity index (χ2v) is 6.63. The minimum Gasteiger partial charge on any atom is -0.461 e. The zero-order chi connectivity index (χ0) is 23.5. The van der Waals surface area contributed by atoms with Crippen LogP contribution in [0.1, 0.15) is 34.8 Å². The number of amides is 1. The number of nitrogens with zero attached hydrogens (tertiary/aromatic N) is 1. The summed E-state index contributed by atoms with van der Waals surface area (Å²) in [6.45, 7) is 1.85. The topological polar surface area (TPSA) is 93.8 Å². The Morgan fingerprint density at radius 1 is 1.16 bits per heavy atom. The number of carbonyl (C=O) groups excluding carboxylic acids is 2. The van der Waals surface area contributed by atoms with E-state index >= 15 is 0 Å². The van der Waals surface area contributed by atoms with Gasteiger partial charge in [0.05, 0.1) is 17.7 Å². The molecule has 3 N–H and O–H groups in total. The Balaban J connectivity index is 2.02. The van der Waals surface area contributed by atoms with Crippen molar-refractivity contribution in [2.45, 2.75) is 26.4 Å². The monoisotopic (exact) mass is 447 g/mol. The first kappa shape index (κ1) is 24.6. The van der Waals surface area contributed by atoms with Crippen LogP contribution in [-0.4, -0.2) is 37.1 Å². The Morgan fingerprint density at radius 3 is 2.47 bits per heavy atom. The number of alkyl halides is 2. The lowest BCUT2D eigenvalue weighted by atomic mass is 10.00. The molecule has 6 nitrogen and oxygen atoms in total. The summed E-state index contributed by atoms with van der Waals surface area (Å²) in [5.74, 6) is -1.99. The molecular weight excluding hydrogens is 423 g/mol. The lowest BCUT2D eigenvalue weighted by Crippen LogP contribution is -2.27. The lowest BCUT2D eigenvalue weighted by molar-refractivity contribution is -0.144. The van der Waals surface area contributed by atoms with Gasteiger partial charge in [0, 0.05) is 30.4 Å². The third kappa shape index (κ3) is 7.26. The van der Waals surface area contributed by atoms with Crippen LogP contribution in [-0.2, 0) is 16.1 Å². The van der Waals surface area contributed by atoms with Crippen LogP contribution in [0.5, 0.6) is 0 Å². The Bertz CT molecular complexity index is 992. The van der Waals surface area contributed by atoms with Gasteiger partial charge in [-0.3, -0.25) is 14.6 Å². The molecule has 170 valence electrons. The van der Waals surface area contributed by atoms with Crippen LogP contribution >= 0.6 is 0 Å². The molecule has 2 rings (SSSR count). The van der Waals surface area contributed by atoms with Gasteiger partial charge in [-0.15, -0.1) is 0 Å². The van der Waals surface area contributed by atoms with Gasteiger partial charge in [0.15, 0.2) is 0 Å². The molecule has 0 radical (unpaired) electrons. The maximum atomic E-state index is 14.1. The standard InChI is InChI=1S/C23H24F3N3O3/c1-2-28-21(19(13-27)22(25)26)16-10-17(12-18(24)11-16)23(31)29-9-8-20(30)32-14-15-6-4-3-5-7-15/h3-7,10-13,22H,2,8-9,14,27H2,1H3,(H,29,31). The minimum atomic E-state index is -2.92. The van der Waals surface area contributed by atoms with Gasteiger partial charge < -0.3 is 15.8 Å². The number of nitrogens with two attached hydrogens (primary N) is 1. The van der Waals surface area contributed by atoms with Gasteiger partial charge in [-0.25, -0.2) is 13.2 Å². The molecule has 0 aliphatic heterocycles. The zero-order valence-electron chi connectivity index (χ0n) is 17.5. The molecule has 32 heavy (non-hydrogen) atoms. The van der Waals surface area contributed by atoms with E-state index in [0.29, 0.717) is 6.20 Å². The van der Waals surface area contributed by atoms with E-state index in [1.807, 2.05) is 30.3 Å². The highest BCUT2D eigenvalue weighted by atomic mass is 19.3. The van der Waals surface area contributed by atoms with Crippen molar-refractivity contribution in [1.29, 1.82) is 0 Å². The quantitative estimate of drug-likeness (QED) is 0.430. The van der Waals surface area contributed by atoms with Crippen LogP contribution < -0.4 is 11.1 Å². The molecule has 9 heteroatoms. The molecule has 0 aliphatic carbocycles. The number of ether oxygens (including phenoxy) is 1. The van der Waals surface area contributed by atoms with Crippen molar-refractivity contribution in [3.05, 3.63) is 82.8 Å². The van der Waals surface area contributed by atoms with Crippen LogP contribution in [0.4, 0.5) is 13.2 Å². The summed E-state index contributed by atoms with van der Waals surface area (Å²) in [6, 6.07) is 12.3. The molecule has 0 saturated heterocycles. The van der Waals surface area contributed by atoms with Crippen molar-refractivity contribution in [2.24, 2.45) is 10.7 Å². The number of rotatable bonds is 10. The third-order valence-electron chi connectivity index (χ3n) is 4.30. The van der Waals surface area contributed by atoms with Gasteiger partial charge in [0.1, 0.15) is 12.4 Å². The number of benzene rings is 2. The van der Waals surface area contributed by atoms with Crippen molar-refractivity contribution in [1.82, 2.24) is 5.32 Å². The van der Waals surface area contributed by atoms with Crippen molar-refractivity contribution >= 4 is 17.6 Å². The van der Waals surface area contributed by atoms with E-state index in [4.69, 9.17) is 10.5 Å². The van der Waals surface area contributed by atoms with E-state index in [1.54, 1.807) is 6.92 Å². The predicted octanol–water partition coefficient (Wildman–Crippen LogP) is 3.61. The number of esters is 1. The SMILES string of the molecule is CCN=C(C(=CN)C(F)F)c1cc(F)cc(C(=O)NCCC(=O)OCc2ccccc2)c1. The smallest absolute Gasteiger partial charge is 0.307 e. The van der Waals surface area contributed by atoms with Crippen LogP contribution in [0, 0.1) is 5.82 Å². The van der Waals surface area contributed by atoms with E-state index in [0.717, 1.165) is 17.7 Å². The fourth-order valence-corrected chi connectivity index (χ4v) is 2.81. The average Bonchev–Trinajstić information content (AvgIpc) is 2.77. The van der Waals surface area contributed by atoms with Crippen LogP contribution in [0.3, 0.4) is 0 Å².